The van der Waals surface area contributed by atoms with Crippen molar-refractivity contribution in [1.82, 2.24) is 0 Å². The molecule has 1 aliphatic heterocycles. The number of carbonyl (C=O) groups is 1. The minimum absolute atomic E-state index is 0.131. The molecule has 4 atom stereocenters. The second kappa shape index (κ2) is 5.48. The monoisotopic (exact) mass is 252 g/mol. The second-order valence-electron chi connectivity index (χ2n) is 4.41. The Hall–Kier alpha value is -1.43. The van der Waals surface area contributed by atoms with Crippen molar-refractivity contribution in [3.05, 3.63) is 35.9 Å². The van der Waals surface area contributed by atoms with Gasteiger partial charge in [-0.2, -0.15) is 0 Å². The molecule has 1 fully saturated rings. The molecule has 0 saturated carbocycles. The van der Waals surface area contributed by atoms with E-state index in [1.165, 1.54) is 0 Å². The Kier molecular flexibility index (Phi) is 3.96. The van der Waals surface area contributed by atoms with E-state index in [0.717, 1.165) is 0 Å². The molecule has 0 spiro atoms. The van der Waals surface area contributed by atoms with Crippen LogP contribution >= 0.6 is 0 Å². The molecule has 0 radical (unpaired) electrons. The summed E-state index contributed by atoms with van der Waals surface area (Å²) in [6.07, 6.45) is -4.20. The van der Waals surface area contributed by atoms with Gasteiger partial charge < -0.3 is 20.1 Å². The number of aliphatic hydroxyl groups is 3. The molecule has 0 aromatic heterocycles. The number of ether oxygens (including phenoxy) is 1. The third-order valence-corrected chi connectivity index (χ3v) is 3.09. The van der Waals surface area contributed by atoms with Gasteiger partial charge in [-0.3, -0.25) is 4.79 Å². The first-order chi connectivity index (χ1) is 8.59. The highest BCUT2D eigenvalue weighted by molar-refractivity contribution is 5.70. The van der Waals surface area contributed by atoms with Crippen LogP contribution in [0.2, 0.25) is 0 Å². The lowest BCUT2D eigenvalue weighted by molar-refractivity contribution is -0.183. The van der Waals surface area contributed by atoms with Crippen molar-refractivity contribution in [2.45, 2.75) is 37.3 Å². The fourth-order valence-corrected chi connectivity index (χ4v) is 2.04. The van der Waals surface area contributed by atoms with E-state index >= 15 is 0 Å². The summed E-state index contributed by atoms with van der Waals surface area (Å²) in [5, 5.41) is 29.7. The molecule has 0 bridgehead atoms. The standard InChI is InChI=1S/C13H16O5/c14-9-6-7-10(15)18-13(9)12(17)11(16)8-4-2-1-3-5-8/h1-5,9,11-14,16-17H,6-7H2. The predicted octanol–water partition coefficient (Wildman–Crippen LogP) is 0.147. The van der Waals surface area contributed by atoms with Crippen LogP contribution in [0.15, 0.2) is 30.3 Å². The summed E-state index contributed by atoms with van der Waals surface area (Å²) >= 11 is 0. The molecule has 0 amide bonds. The van der Waals surface area contributed by atoms with Gasteiger partial charge in [0.15, 0.2) is 6.10 Å². The highest BCUT2D eigenvalue weighted by Gasteiger charge is 2.38. The average molecular weight is 252 g/mol. The minimum Gasteiger partial charge on any atom is -0.457 e. The maximum absolute atomic E-state index is 11.2. The molecule has 0 aliphatic carbocycles. The molecule has 5 nitrogen and oxygen atoms in total. The zero-order valence-electron chi connectivity index (χ0n) is 9.77. The number of hydrogen-bond donors (Lipinski definition) is 3. The second-order valence-corrected chi connectivity index (χ2v) is 4.41. The number of hydrogen-bond acceptors (Lipinski definition) is 5. The normalized spacial score (nSPS) is 27.4. The van der Waals surface area contributed by atoms with Crippen molar-refractivity contribution >= 4 is 5.97 Å². The molecule has 2 rings (SSSR count). The van der Waals surface area contributed by atoms with Gasteiger partial charge in [-0.15, -0.1) is 0 Å². The van der Waals surface area contributed by atoms with Crippen molar-refractivity contribution in [2.75, 3.05) is 0 Å². The van der Waals surface area contributed by atoms with Crippen LogP contribution in [0.25, 0.3) is 0 Å². The number of benzene rings is 1. The Morgan fingerprint density at radius 3 is 2.56 bits per heavy atom. The first-order valence-corrected chi connectivity index (χ1v) is 5.88. The van der Waals surface area contributed by atoms with E-state index in [2.05, 4.69) is 0 Å². The van der Waals surface area contributed by atoms with Gasteiger partial charge in [0.2, 0.25) is 0 Å². The maximum Gasteiger partial charge on any atom is 0.306 e. The molecule has 3 N–H and O–H groups in total. The number of rotatable bonds is 3. The van der Waals surface area contributed by atoms with Crippen LogP contribution in [0.4, 0.5) is 0 Å². The molecule has 1 aliphatic rings. The zero-order chi connectivity index (χ0) is 13.1. The van der Waals surface area contributed by atoms with E-state index in [1.54, 1.807) is 30.3 Å². The van der Waals surface area contributed by atoms with Crippen LogP contribution in [0.1, 0.15) is 24.5 Å². The molecule has 4 unspecified atom stereocenters. The summed E-state index contributed by atoms with van der Waals surface area (Å²) in [5.41, 5.74) is 0.513. The van der Waals surface area contributed by atoms with Gasteiger partial charge in [0.1, 0.15) is 12.2 Å². The largest absolute Gasteiger partial charge is 0.457 e. The van der Waals surface area contributed by atoms with Gasteiger partial charge in [-0.05, 0) is 12.0 Å². The SMILES string of the molecule is O=C1CCC(O)C(C(O)C(O)c2ccccc2)O1. The summed E-state index contributed by atoms with van der Waals surface area (Å²) in [7, 11) is 0. The number of carbonyl (C=O) groups excluding carboxylic acids is 1. The smallest absolute Gasteiger partial charge is 0.306 e. The Bertz CT molecular complexity index is 405. The van der Waals surface area contributed by atoms with Gasteiger partial charge in [-0.25, -0.2) is 0 Å². The lowest BCUT2D eigenvalue weighted by Gasteiger charge is -2.33. The van der Waals surface area contributed by atoms with Gasteiger partial charge in [0, 0.05) is 6.42 Å². The van der Waals surface area contributed by atoms with E-state index in [-0.39, 0.29) is 12.8 Å². The Morgan fingerprint density at radius 2 is 1.89 bits per heavy atom. The number of esters is 1. The Labute approximate surface area is 105 Å². The number of cyclic esters (lactones) is 1. The molecule has 1 heterocycles. The molecule has 1 aromatic rings. The van der Waals surface area contributed by atoms with Crippen LogP contribution < -0.4 is 0 Å². The topological polar surface area (TPSA) is 87.0 Å². The third kappa shape index (κ3) is 2.69. The quantitative estimate of drug-likeness (QED) is 0.666. The van der Waals surface area contributed by atoms with E-state index in [0.29, 0.717) is 5.56 Å². The van der Waals surface area contributed by atoms with Crippen LogP contribution in [0.3, 0.4) is 0 Å². The summed E-state index contributed by atoms with van der Waals surface area (Å²) in [6, 6.07) is 8.57. The van der Waals surface area contributed by atoms with Crippen LogP contribution in [0, 0.1) is 0 Å². The lowest BCUT2D eigenvalue weighted by Crippen LogP contribution is -2.47. The first kappa shape index (κ1) is 13.0. The van der Waals surface area contributed by atoms with Crippen molar-refractivity contribution in [3.63, 3.8) is 0 Å². The highest BCUT2D eigenvalue weighted by atomic mass is 16.6. The van der Waals surface area contributed by atoms with Crippen LogP contribution in [-0.4, -0.2) is 39.6 Å². The Morgan fingerprint density at radius 1 is 1.22 bits per heavy atom. The predicted molar refractivity (Wildman–Crippen MR) is 62.5 cm³/mol. The Balaban J connectivity index is 2.10. The molecule has 98 valence electrons. The molecule has 18 heavy (non-hydrogen) atoms. The van der Waals surface area contributed by atoms with Crippen molar-refractivity contribution < 1.29 is 24.9 Å². The highest BCUT2D eigenvalue weighted by Crippen LogP contribution is 2.26. The van der Waals surface area contributed by atoms with Crippen LogP contribution in [0.5, 0.6) is 0 Å². The van der Waals surface area contributed by atoms with E-state index in [9.17, 15) is 20.1 Å². The lowest BCUT2D eigenvalue weighted by atomic mass is 9.94. The summed E-state index contributed by atoms with van der Waals surface area (Å²) in [4.78, 5) is 11.2. The average Bonchev–Trinajstić information content (AvgIpc) is 2.41. The molecule has 1 aromatic carbocycles. The van der Waals surface area contributed by atoms with Gasteiger partial charge in [0.05, 0.1) is 6.10 Å². The molecular weight excluding hydrogens is 236 g/mol. The minimum atomic E-state index is -1.34. The summed E-state index contributed by atoms with van der Waals surface area (Å²) in [5.74, 6) is -0.468. The van der Waals surface area contributed by atoms with Crippen molar-refractivity contribution in [3.8, 4) is 0 Å². The molecular formula is C13H16O5. The van der Waals surface area contributed by atoms with E-state index in [1.807, 2.05) is 0 Å². The summed E-state index contributed by atoms with van der Waals surface area (Å²) < 4.78 is 4.90. The first-order valence-electron chi connectivity index (χ1n) is 5.88. The van der Waals surface area contributed by atoms with Crippen molar-refractivity contribution in [1.29, 1.82) is 0 Å². The third-order valence-electron chi connectivity index (χ3n) is 3.09. The molecule has 5 heteroatoms. The van der Waals surface area contributed by atoms with Gasteiger partial charge in [0.25, 0.3) is 0 Å². The fraction of sp³-hybridized carbons (Fsp3) is 0.462. The van der Waals surface area contributed by atoms with Gasteiger partial charge in [-0.1, -0.05) is 30.3 Å². The zero-order valence-corrected chi connectivity index (χ0v) is 9.77. The maximum atomic E-state index is 11.2. The van der Waals surface area contributed by atoms with Gasteiger partial charge >= 0.3 is 5.97 Å². The van der Waals surface area contributed by atoms with Crippen molar-refractivity contribution in [2.24, 2.45) is 0 Å². The van der Waals surface area contributed by atoms with Crippen LogP contribution in [-0.2, 0) is 9.53 Å². The number of aliphatic hydroxyl groups excluding tert-OH is 3. The molecule has 1 saturated heterocycles. The van der Waals surface area contributed by atoms with E-state index < -0.39 is 30.4 Å². The summed E-state index contributed by atoms with van der Waals surface area (Å²) in [6.45, 7) is 0. The van der Waals surface area contributed by atoms with E-state index in [4.69, 9.17) is 4.74 Å². The fourth-order valence-electron chi connectivity index (χ4n) is 2.04.